The molecular formula is C27H36N4O6S2. The van der Waals surface area contributed by atoms with Crippen molar-refractivity contribution in [3.63, 3.8) is 0 Å². The second-order valence-corrected chi connectivity index (χ2v) is 14.3. The van der Waals surface area contributed by atoms with Crippen LogP contribution in [0.3, 0.4) is 0 Å². The van der Waals surface area contributed by atoms with Gasteiger partial charge in [0.05, 0.1) is 17.6 Å². The number of aliphatic hydroxyl groups excluding tert-OH is 1. The smallest absolute Gasteiger partial charge is 0.229 e. The molecule has 6 N–H and O–H groups in total. The number of aliphatic hydroxyl groups is 1. The first-order valence-corrected chi connectivity index (χ1v) is 16.1. The largest absolute Gasteiger partial charge is 0.506 e. The number of carbonyl (C=O) groups is 1. The van der Waals surface area contributed by atoms with Crippen LogP contribution < -0.4 is 15.4 Å². The predicted molar refractivity (Wildman–Crippen MR) is 157 cm³/mol. The third-order valence-electron chi connectivity index (χ3n) is 6.69. The Hall–Kier alpha value is -2.90. The van der Waals surface area contributed by atoms with E-state index in [-0.39, 0.29) is 39.4 Å². The van der Waals surface area contributed by atoms with Crippen LogP contribution in [0.25, 0.3) is 5.76 Å². The fourth-order valence-electron chi connectivity index (χ4n) is 4.82. The van der Waals surface area contributed by atoms with E-state index in [0.717, 1.165) is 12.7 Å². The number of Topliss-reactive ketones (excluding diaryl/α,β-unsaturated/α-hetero) is 1. The standard InChI is InChI=1S/C27H36N4O6S2/c1-16(2)12-13-27(28-15-17(3)4)20-9-7-6-8-19(20)24(32)23(25(27)33)26-29-21-11-10-18(30-38(5,34)35)14-22(21)39(36,37)31-26/h6-11,14,16-17,28,30,32,36-37H,12-13,15H2,1-5H3,(H,29,31). The lowest BCUT2D eigenvalue weighted by atomic mass is 9.71. The summed E-state index contributed by atoms with van der Waals surface area (Å²) in [6.45, 7) is 8.79. The van der Waals surface area contributed by atoms with Gasteiger partial charge in [-0.1, -0.05) is 62.7 Å². The molecule has 39 heavy (non-hydrogen) atoms. The number of sulfonamides is 1. The monoisotopic (exact) mass is 576 g/mol. The van der Waals surface area contributed by atoms with Crippen molar-refractivity contribution >= 4 is 49.6 Å². The maximum atomic E-state index is 14.4. The minimum absolute atomic E-state index is 0.0346. The van der Waals surface area contributed by atoms with E-state index in [1.165, 1.54) is 18.2 Å². The van der Waals surface area contributed by atoms with Crippen LogP contribution in [0, 0.1) is 11.8 Å². The molecule has 1 aliphatic carbocycles. The van der Waals surface area contributed by atoms with Crippen LogP contribution in [-0.2, 0) is 20.4 Å². The Labute approximate surface area is 231 Å². The zero-order valence-electron chi connectivity index (χ0n) is 22.6. The third-order valence-corrected chi connectivity index (χ3v) is 8.66. The Kier molecular flexibility index (Phi) is 7.89. The van der Waals surface area contributed by atoms with Crippen molar-refractivity contribution in [2.45, 2.75) is 51.0 Å². The highest BCUT2D eigenvalue weighted by molar-refractivity contribution is 8.23. The van der Waals surface area contributed by atoms with Gasteiger partial charge in [-0.05, 0) is 55.0 Å². The van der Waals surface area contributed by atoms with Crippen molar-refractivity contribution in [3.05, 3.63) is 59.2 Å². The maximum Gasteiger partial charge on any atom is 0.229 e. The molecule has 1 unspecified atom stereocenters. The molecule has 0 amide bonds. The predicted octanol–water partition coefficient (Wildman–Crippen LogP) is 5.34. The molecule has 0 aromatic heterocycles. The summed E-state index contributed by atoms with van der Waals surface area (Å²) in [5.74, 6) is -0.335. The van der Waals surface area contributed by atoms with E-state index in [4.69, 9.17) is 0 Å². The van der Waals surface area contributed by atoms with Crippen molar-refractivity contribution in [1.82, 2.24) is 5.32 Å². The molecule has 0 fully saturated rings. The number of hydrogen-bond acceptors (Lipinski definition) is 9. The average molecular weight is 577 g/mol. The van der Waals surface area contributed by atoms with Gasteiger partial charge >= 0.3 is 0 Å². The summed E-state index contributed by atoms with van der Waals surface area (Å²) in [5, 5.41) is 17.9. The molecule has 0 saturated carbocycles. The van der Waals surface area contributed by atoms with Gasteiger partial charge in [0.15, 0.2) is 11.6 Å². The molecule has 2 aliphatic rings. The molecule has 0 radical (unpaired) electrons. The molecule has 1 atom stereocenters. The number of nitrogens with one attached hydrogen (secondary N) is 3. The molecule has 212 valence electrons. The number of fused-ring (bicyclic) bond motifs is 2. The molecule has 1 heterocycles. The molecule has 1 aliphatic heterocycles. The van der Waals surface area contributed by atoms with Gasteiger partial charge in [-0.15, -0.1) is 4.40 Å². The van der Waals surface area contributed by atoms with Gasteiger partial charge in [0.25, 0.3) is 0 Å². The van der Waals surface area contributed by atoms with Crippen LogP contribution in [0.1, 0.15) is 51.7 Å². The Balaban J connectivity index is 1.86. The van der Waals surface area contributed by atoms with Crippen LogP contribution in [-0.4, -0.2) is 47.0 Å². The molecule has 0 spiro atoms. The van der Waals surface area contributed by atoms with E-state index in [0.29, 0.717) is 30.0 Å². The summed E-state index contributed by atoms with van der Waals surface area (Å²) < 4.78 is 51.7. The zero-order chi connectivity index (χ0) is 28.8. The molecule has 2 aromatic carbocycles. The molecule has 2 aromatic rings. The fraction of sp³-hybridized carbons (Fsp3) is 0.407. The quantitative estimate of drug-likeness (QED) is 0.233. The molecule has 4 rings (SSSR count). The molecule has 12 heteroatoms. The highest BCUT2D eigenvalue weighted by Gasteiger charge is 2.49. The second kappa shape index (κ2) is 10.6. The van der Waals surface area contributed by atoms with Gasteiger partial charge in [-0.3, -0.25) is 18.6 Å². The van der Waals surface area contributed by atoms with Gasteiger partial charge in [0.1, 0.15) is 21.8 Å². The topological polar surface area (TPSA) is 160 Å². The zero-order valence-corrected chi connectivity index (χ0v) is 24.3. The summed E-state index contributed by atoms with van der Waals surface area (Å²) in [6.07, 6.45) is 2.18. The van der Waals surface area contributed by atoms with Crippen LogP contribution >= 0.6 is 10.8 Å². The van der Waals surface area contributed by atoms with Crippen LogP contribution in [0.4, 0.5) is 11.4 Å². The number of anilines is 2. The van der Waals surface area contributed by atoms with E-state index in [1.54, 1.807) is 12.1 Å². The number of nitrogens with zero attached hydrogens (tertiary/aromatic N) is 1. The minimum atomic E-state index is -3.86. The second-order valence-electron chi connectivity index (χ2n) is 10.9. The number of rotatable bonds is 9. The third kappa shape index (κ3) is 5.85. The Morgan fingerprint density at radius 2 is 1.77 bits per heavy atom. The minimum Gasteiger partial charge on any atom is -0.506 e. The van der Waals surface area contributed by atoms with Crippen LogP contribution in [0.2, 0.25) is 0 Å². The average Bonchev–Trinajstić information content (AvgIpc) is 2.83. The van der Waals surface area contributed by atoms with E-state index < -0.39 is 32.1 Å². The van der Waals surface area contributed by atoms with Gasteiger partial charge in [0.2, 0.25) is 10.0 Å². The first-order valence-electron chi connectivity index (χ1n) is 12.7. The Morgan fingerprint density at radius 3 is 2.41 bits per heavy atom. The van der Waals surface area contributed by atoms with Gasteiger partial charge < -0.3 is 15.7 Å². The normalized spacial score (nSPS) is 21.3. The highest BCUT2D eigenvalue weighted by Crippen LogP contribution is 2.57. The Morgan fingerprint density at radius 1 is 1.08 bits per heavy atom. The van der Waals surface area contributed by atoms with E-state index in [2.05, 4.69) is 33.6 Å². The van der Waals surface area contributed by atoms with Crippen LogP contribution in [0.15, 0.2) is 57.3 Å². The molecule has 0 bridgehead atoms. The fourth-order valence-corrected chi connectivity index (χ4v) is 6.56. The Bertz CT molecular complexity index is 1450. The van der Waals surface area contributed by atoms with E-state index in [1.807, 2.05) is 26.0 Å². The number of benzene rings is 2. The van der Waals surface area contributed by atoms with Crippen molar-refractivity contribution in [2.75, 3.05) is 22.8 Å². The summed E-state index contributed by atoms with van der Waals surface area (Å²) >= 11 is 0. The maximum absolute atomic E-state index is 14.4. The van der Waals surface area contributed by atoms with E-state index in [9.17, 15) is 27.4 Å². The van der Waals surface area contributed by atoms with Crippen molar-refractivity contribution < 1.29 is 27.4 Å². The SMILES string of the molecule is CC(C)CCC1(NCC(C)C)C(=O)C(C2=NS(O)(O)c3cc(NS(C)(=O)=O)ccc3N2)=C(O)c2ccccc21. The van der Waals surface area contributed by atoms with E-state index >= 15 is 0 Å². The number of ketones is 1. The summed E-state index contributed by atoms with van der Waals surface area (Å²) in [5.41, 5.74) is 0.186. The van der Waals surface area contributed by atoms with Crippen LogP contribution in [0.5, 0.6) is 0 Å². The molecule has 0 saturated heterocycles. The van der Waals surface area contributed by atoms with Crippen molar-refractivity contribution in [1.29, 1.82) is 0 Å². The number of hydrogen-bond donors (Lipinski definition) is 6. The summed E-state index contributed by atoms with van der Waals surface area (Å²) in [7, 11) is -7.46. The molecular weight excluding hydrogens is 540 g/mol. The van der Waals surface area contributed by atoms with Gasteiger partial charge in [0, 0.05) is 5.56 Å². The molecule has 10 nitrogen and oxygen atoms in total. The lowest BCUT2D eigenvalue weighted by molar-refractivity contribution is -0.122. The van der Waals surface area contributed by atoms with Gasteiger partial charge in [-0.25, -0.2) is 8.42 Å². The summed E-state index contributed by atoms with van der Waals surface area (Å²) in [6, 6.07) is 11.4. The number of amidine groups is 1. The van der Waals surface area contributed by atoms with Crippen molar-refractivity contribution in [3.8, 4) is 0 Å². The van der Waals surface area contributed by atoms with Crippen molar-refractivity contribution in [2.24, 2.45) is 16.2 Å². The summed E-state index contributed by atoms with van der Waals surface area (Å²) in [4.78, 5) is 14.4. The first kappa shape index (κ1) is 29.1. The first-order chi connectivity index (χ1) is 18.1. The lowest BCUT2D eigenvalue weighted by Crippen LogP contribution is -2.54. The highest BCUT2D eigenvalue weighted by atomic mass is 32.3. The van der Waals surface area contributed by atoms with Gasteiger partial charge in [-0.2, -0.15) is 0 Å². The number of carbonyl (C=O) groups excluding carboxylic acids is 1. The lowest BCUT2D eigenvalue weighted by Gasteiger charge is -2.41.